The summed E-state index contributed by atoms with van der Waals surface area (Å²) in [6.07, 6.45) is -4.86. The largest absolute Gasteiger partial charge is 0.484 e. The molecule has 0 saturated carbocycles. The number of non-ortho nitro benzene ring substituents is 1. The zero-order valence-corrected chi connectivity index (χ0v) is 22.8. The Morgan fingerprint density at radius 1 is 1.12 bits per heavy atom. The maximum absolute atomic E-state index is 13.7. The number of nitrogens with zero attached hydrogens (tertiary/aromatic N) is 2. The number of alkyl halides is 3. The molecule has 3 heterocycles. The van der Waals surface area contributed by atoms with Crippen molar-refractivity contribution in [1.29, 1.82) is 0 Å². The van der Waals surface area contributed by atoms with Gasteiger partial charge < -0.3 is 20.2 Å². The van der Waals surface area contributed by atoms with Crippen molar-refractivity contribution in [3.8, 4) is 16.9 Å². The van der Waals surface area contributed by atoms with E-state index in [0.29, 0.717) is 11.3 Å². The number of nitro benzene ring substituents is 1. The van der Waals surface area contributed by atoms with Crippen LogP contribution < -0.4 is 15.8 Å². The number of amides is 2. The Morgan fingerprint density at radius 3 is 2.49 bits per heavy atom. The molecule has 5 aromatic rings. The Hall–Kier alpha value is -5.02. The average molecular weight is 635 g/mol. The van der Waals surface area contributed by atoms with Gasteiger partial charge in [0.05, 0.1) is 21.7 Å². The van der Waals surface area contributed by atoms with Gasteiger partial charge in [0.15, 0.2) is 5.76 Å². The fourth-order valence-corrected chi connectivity index (χ4v) is 5.19. The van der Waals surface area contributed by atoms with Crippen LogP contribution in [0.5, 0.6) is 5.75 Å². The van der Waals surface area contributed by atoms with Gasteiger partial charge in [0.1, 0.15) is 39.3 Å². The molecule has 0 bridgehead atoms. The molecule has 0 aliphatic carbocycles. The van der Waals surface area contributed by atoms with Crippen LogP contribution in [0.1, 0.15) is 31.7 Å². The lowest BCUT2D eigenvalue weighted by Crippen LogP contribution is -2.16. The number of hydrogen-bond donors (Lipinski definition) is 2. The number of nitro groups is 1. The third-order valence-corrected chi connectivity index (χ3v) is 7.36. The Bertz CT molecular complexity index is 1910. The molecule has 0 saturated heterocycles. The molecule has 2 aromatic carbocycles. The Balaban J connectivity index is 1.49. The highest BCUT2D eigenvalue weighted by molar-refractivity contribution is 7.21. The lowest BCUT2D eigenvalue weighted by Gasteiger charge is -2.12. The summed E-state index contributed by atoms with van der Waals surface area (Å²) in [6, 6.07) is 11.5. The maximum atomic E-state index is 13.7. The molecular formula is C27H15ClF4N4O6S. The summed E-state index contributed by atoms with van der Waals surface area (Å²) < 4.78 is 65.6. The number of pyridine rings is 1. The molecule has 2 amide bonds. The van der Waals surface area contributed by atoms with Crippen molar-refractivity contribution in [3.05, 3.63) is 104 Å². The maximum Gasteiger partial charge on any atom is 0.433 e. The fraction of sp³-hybridized carbons (Fsp3) is 0.0741. The number of hydrogen-bond acceptors (Lipinski definition) is 8. The van der Waals surface area contributed by atoms with Gasteiger partial charge in [-0.15, -0.1) is 11.3 Å². The minimum atomic E-state index is -4.86. The number of thiophene rings is 1. The Kier molecular flexibility index (Phi) is 7.77. The molecule has 0 fully saturated rings. The van der Waals surface area contributed by atoms with Gasteiger partial charge in [0.25, 0.3) is 17.5 Å². The van der Waals surface area contributed by atoms with E-state index in [-0.39, 0.29) is 66.5 Å². The molecule has 220 valence electrons. The molecule has 3 aromatic heterocycles. The van der Waals surface area contributed by atoms with Crippen molar-refractivity contribution < 1.29 is 41.2 Å². The van der Waals surface area contributed by atoms with Gasteiger partial charge in [0.2, 0.25) is 0 Å². The van der Waals surface area contributed by atoms with Crippen LogP contribution >= 0.6 is 22.9 Å². The summed E-state index contributed by atoms with van der Waals surface area (Å²) >= 11 is 6.57. The van der Waals surface area contributed by atoms with Crippen LogP contribution in [0.25, 0.3) is 21.3 Å². The minimum absolute atomic E-state index is 0.00633. The summed E-state index contributed by atoms with van der Waals surface area (Å²) in [5.74, 6) is -2.74. The first-order valence-corrected chi connectivity index (χ1v) is 13.1. The SMILES string of the molecule is NC(=O)c1sc2nc(C(F)(F)F)cc(-c3ccc(F)cc3)c2c1NC(=O)c1ccc(COc2cc([N+](=O)[O-])ccc2Cl)o1. The minimum Gasteiger partial charge on any atom is -0.484 e. The summed E-state index contributed by atoms with van der Waals surface area (Å²) in [7, 11) is 0. The molecule has 16 heteroatoms. The number of nitrogens with one attached hydrogen (secondary N) is 1. The number of rotatable bonds is 8. The van der Waals surface area contributed by atoms with Crippen LogP contribution in [0.2, 0.25) is 5.02 Å². The predicted molar refractivity (Wildman–Crippen MR) is 148 cm³/mol. The van der Waals surface area contributed by atoms with Crippen molar-refractivity contribution >= 4 is 56.3 Å². The Labute approximate surface area is 246 Å². The molecule has 10 nitrogen and oxygen atoms in total. The summed E-state index contributed by atoms with van der Waals surface area (Å²) in [5, 5.41) is 13.6. The van der Waals surface area contributed by atoms with Crippen molar-refractivity contribution in [1.82, 2.24) is 4.98 Å². The highest BCUT2D eigenvalue weighted by Gasteiger charge is 2.35. The van der Waals surface area contributed by atoms with Crippen LogP contribution in [0.3, 0.4) is 0 Å². The van der Waals surface area contributed by atoms with Crippen LogP contribution in [0.4, 0.5) is 28.9 Å². The number of carbonyl (C=O) groups excluding carboxylic acids is 2. The quantitative estimate of drug-likeness (QED) is 0.104. The molecule has 0 aliphatic rings. The normalized spacial score (nSPS) is 11.5. The summed E-state index contributed by atoms with van der Waals surface area (Å²) in [6.45, 7) is -0.277. The third-order valence-electron chi connectivity index (χ3n) is 5.95. The smallest absolute Gasteiger partial charge is 0.433 e. The van der Waals surface area contributed by atoms with E-state index < -0.39 is 34.4 Å². The number of anilines is 1. The number of fused-ring (bicyclic) bond motifs is 1. The fourth-order valence-electron chi connectivity index (χ4n) is 4.01. The topological polar surface area (TPSA) is 151 Å². The number of benzene rings is 2. The number of carbonyl (C=O) groups is 2. The molecule has 43 heavy (non-hydrogen) atoms. The number of furan rings is 1. The van der Waals surface area contributed by atoms with Gasteiger partial charge in [-0.2, -0.15) is 13.2 Å². The van der Waals surface area contributed by atoms with Crippen molar-refractivity contribution in [2.45, 2.75) is 12.8 Å². The Morgan fingerprint density at radius 2 is 1.84 bits per heavy atom. The van der Waals surface area contributed by atoms with E-state index in [1.807, 2.05) is 0 Å². The van der Waals surface area contributed by atoms with Crippen molar-refractivity contribution in [2.75, 3.05) is 5.32 Å². The third kappa shape index (κ3) is 6.12. The van der Waals surface area contributed by atoms with E-state index in [9.17, 15) is 37.3 Å². The molecule has 3 N–H and O–H groups in total. The van der Waals surface area contributed by atoms with Gasteiger partial charge in [-0.05, 0) is 47.5 Å². The van der Waals surface area contributed by atoms with E-state index in [2.05, 4.69) is 10.3 Å². The molecule has 0 unspecified atom stereocenters. The molecule has 5 rings (SSSR count). The first-order valence-electron chi connectivity index (χ1n) is 11.9. The van der Waals surface area contributed by atoms with Gasteiger partial charge in [-0.1, -0.05) is 23.7 Å². The number of nitrogens with two attached hydrogens (primary N) is 1. The molecule has 0 radical (unpaired) electrons. The first-order chi connectivity index (χ1) is 20.3. The van der Waals surface area contributed by atoms with Gasteiger partial charge >= 0.3 is 6.18 Å². The lowest BCUT2D eigenvalue weighted by atomic mass is 10.0. The predicted octanol–water partition coefficient (Wildman–Crippen LogP) is 7.21. The average Bonchev–Trinajstić information content (AvgIpc) is 3.57. The summed E-state index contributed by atoms with van der Waals surface area (Å²) in [4.78, 5) is 39.0. The van der Waals surface area contributed by atoms with Crippen LogP contribution in [0, 0.1) is 15.9 Å². The van der Waals surface area contributed by atoms with Gasteiger partial charge in [-0.25, -0.2) is 9.37 Å². The zero-order valence-electron chi connectivity index (χ0n) is 21.2. The second-order valence-corrected chi connectivity index (χ2v) is 10.2. The number of halogens is 5. The lowest BCUT2D eigenvalue weighted by molar-refractivity contribution is -0.384. The monoisotopic (exact) mass is 634 g/mol. The number of ether oxygens (including phenoxy) is 1. The van der Waals surface area contributed by atoms with Crippen molar-refractivity contribution in [2.24, 2.45) is 5.73 Å². The molecule has 0 aliphatic heterocycles. The van der Waals surface area contributed by atoms with Gasteiger partial charge in [0, 0.05) is 11.5 Å². The van der Waals surface area contributed by atoms with E-state index in [1.54, 1.807) is 0 Å². The highest BCUT2D eigenvalue weighted by atomic mass is 35.5. The second-order valence-electron chi connectivity index (χ2n) is 8.79. The van der Waals surface area contributed by atoms with Gasteiger partial charge in [-0.3, -0.25) is 19.7 Å². The first kappa shape index (κ1) is 29.5. The molecule has 0 atom stereocenters. The van der Waals surface area contributed by atoms with Crippen LogP contribution in [-0.2, 0) is 12.8 Å². The van der Waals surface area contributed by atoms with E-state index in [0.717, 1.165) is 24.3 Å². The van der Waals surface area contributed by atoms with E-state index >= 15 is 0 Å². The van der Waals surface area contributed by atoms with E-state index in [4.69, 9.17) is 26.5 Å². The summed E-state index contributed by atoms with van der Waals surface area (Å²) in [5.41, 5.74) is 3.82. The van der Waals surface area contributed by atoms with Crippen molar-refractivity contribution in [3.63, 3.8) is 0 Å². The standard InChI is InChI=1S/C27H15ClF4N4O6S/c28-17-7-5-14(36(39)40)9-19(17)41-11-15-6-8-18(42-15)25(38)35-22-21-16(12-1-3-13(29)4-2-12)10-20(27(30,31)32)34-26(21)43-23(22)24(33)37/h1-10H,11H2,(H2,33,37)(H,35,38). The van der Waals surface area contributed by atoms with Crippen LogP contribution in [0.15, 0.2) is 65.1 Å². The number of aromatic nitrogens is 1. The molecular weight excluding hydrogens is 620 g/mol. The zero-order chi connectivity index (χ0) is 31.1. The molecule has 0 spiro atoms. The van der Waals surface area contributed by atoms with E-state index in [1.165, 1.54) is 36.4 Å². The highest BCUT2D eigenvalue weighted by Crippen LogP contribution is 2.44. The second kappa shape index (κ2) is 11.3. The number of primary amides is 1. The van der Waals surface area contributed by atoms with Crippen LogP contribution in [-0.4, -0.2) is 21.7 Å².